The third-order valence-corrected chi connectivity index (χ3v) is 4.10. The molecule has 7 heteroatoms. The monoisotopic (exact) mass is 363 g/mol. The highest BCUT2D eigenvalue weighted by molar-refractivity contribution is 5.82. The van der Waals surface area contributed by atoms with Crippen LogP contribution in [0.2, 0.25) is 0 Å². The lowest BCUT2D eigenvalue weighted by Crippen LogP contribution is -2.38. The molecule has 0 unspecified atom stereocenters. The number of carbonyl (C=O) groups excluding carboxylic acids is 1. The van der Waals surface area contributed by atoms with Gasteiger partial charge in [-0.05, 0) is 35.7 Å². The molecule has 1 N–H and O–H groups in total. The zero-order chi connectivity index (χ0) is 18.5. The van der Waals surface area contributed by atoms with E-state index in [1.807, 2.05) is 24.3 Å². The lowest BCUT2D eigenvalue weighted by atomic mass is 10.1. The largest absolute Gasteiger partial charge is 0.493 e. The van der Waals surface area contributed by atoms with Gasteiger partial charge in [0.2, 0.25) is 0 Å². The molecule has 0 fully saturated rings. The minimum absolute atomic E-state index is 0.0209. The number of hydrogen-bond acceptors (Lipinski definition) is 4. The van der Waals surface area contributed by atoms with Crippen LogP contribution in [-0.4, -0.2) is 32.3 Å². The molecule has 3 rings (SSSR count). The van der Waals surface area contributed by atoms with E-state index >= 15 is 0 Å². The second-order valence-corrected chi connectivity index (χ2v) is 5.82. The van der Waals surface area contributed by atoms with Gasteiger partial charge in [-0.15, -0.1) is 0 Å². The summed E-state index contributed by atoms with van der Waals surface area (Å²) < 4.78 is 39.8. The van der Waals surface area contributed by atoms with E-state index in [1.165, 1.54) is 13.2 Å². The summed E-state index contributed by atoms with van der Waals surface area (Å²) in [6.45, 7) is -2.52. The maximum atomic E-state index is 12.3. The summed E-state index contributed by atoms with van der Waals surface area (Å²) in [4.78, 5) is 12.2. The van der Waals surface area contributed by atoms with Gasteiger partial charge in [0.25, 0.3) is 5.91 Å². The van der Waals surface area contributed by atoms with Crippen molar-refractivity contribution in [1.82, 2.24) is 5.32 Å². The molecular weight excluding hydrogens is 344 g/mol. The van der Waals surface area contributed by atoms with Crippen LogP contribution in [0.15, 0.2) is 42.5 Å². The summed E-state index contributed by atoms with van der Waals surface area (Å²) in [5.41, 5.74) is 1.85. The van der Waals surface area contributed by atoms with Crippen molar-refractivity contribution < 1.29 is 27.8 Å². The molecule has 0 saturated carbocycles. The number of rotatable bonds is 7. The first-order chi connectivity index (χ1) is 12.6. The average Bonchev–Trinajstić information content (AvgIpc) is 3.06. The number of methoxy groups -OCH3 is 1. The Kier molecular flexibility index (Phi) is 5.55. The minimum Gasteiger partial charge on any atom is -0.493 e. The fraction of sp³-hybridized carbons (Fsp3) is 0.316. The number of benzene rings is 2. The van der Waals surface area contributed by atoms with E-state index in [-0.39, 0.29) is 17.4 Å². The van der Waals surface area contributed by atoms with Gasteiger partial charge in [-0.25, -0.2) is 0 Å². The quantitative estimate of drug-likeness (QED) is 0.822. The molecule has 26 heavy (non-hydrogen) atoms. The first-order valence-corrected chi connectivity index (χ1v) is 8.21. The minimum atomic E-state index is -2.91. The van der Waals surface area contributed by atoms with Crippen molar-refractivity contribution in [3.05, 3.63) is 53.6 Å². The Morgan fingerprint density at radius 3 is 2.81 bits per heavy atom. The fourth-order valence-corrected chi connectivity index (χ4v) is 2.83. The standard InChI is InChI=1S/C19H19F2NO4/c1-24-16-10-12(6-7-15(16)26-19(20)21)8-9-22-18(23)17-11-13-4-2-3-5-14(13)25-17/h2-7,10,17,19H,8-9,11H2,1H3,(H,22,23)/t17-/m0/s1. The van der Waals surface area contributed by atoms with E-state index in [4.69, 9.17) is 9.47 Å². The van der Waals surface area contributed by atoms with Crippen LogP contribution in [0.4, 0.5) is 8.78 Å². The summed E-state index contributed by atoms with van der Waals surface area (Å²) in [5, 5.41) is 2.84. The molecule has 0 bridgehead atoms. The topological polar surface area (TPSA) is 56.8 Å². The predicted molar refractivity (Wildman–Crippen MR) is 90.9 cm³/mol. The molecule has 1 amide bonds. The zero-order valence-electron chi connectivity index (χ0n) is 14.2. The molecule has 0 aliphatic carbocycles. The van der Waals surface area contributed by atoms with Crippen LogP contribution in [0, 0.1) is 0 Å². The number of fused-ring (bicyclic) bond motifs is 1. The highest BCUT2D eigenvalue weighted by Gasteiger charge is 2.28. The fourth-order valence-electron chi connectivity index (χ4n) is 2.83. The summed E-state index contributed by atoms with van der Waals surface area (Å²) in [5.74, 6) is 0.772. The number of amides is 1. The van der Waals surface area contributed by atoms with Crippen LogP contribution in [0.5, 0.6) is 17.2 Å². The summed E-state index contributed by atoms with van der Waals surface area (Å²) >= 11 is 0. The van der Waals surface area contributed by atoms with Crippen LogP contribution >= 0.6 is 0 Å². The zero-order valence-corrected chi connectivity index (χ0v) is 14.2. The van der Waals surface area contributed by atoms with Gasteiger partial charge in [-0.3, -0.25) is 4.79 Å². The lowest BCUT2D eigenvalue weighted by Gasteiger charge is -2.13. The Hall–Kier alpha value is -2.83. The van der Waals surface area contributed by atoms with E-state index in [9.17, 15) is 13.6 Å². The normalized spacial score (nSPS) is 15.3. The van der Waals surface area contributed by atoms with Crippen molar-refractivity contribution in [3.8, 4) is 17.2 Å². The molecular formula is C19H19F2NO4. The van der Waals surface area contributed by atoms with Crippen LogP contribution in [0.1, 0.15) is 11.1 Å². The van der Waals surface area contributed by atoms with Crippen molar-refractivity contribution >= 4 is 5.91 Å². The van der Waals surface area contributed by atoms with Crippen molar-refractivity contribution in [2.45, 2.75) is 25.6 Å². The molecule has 2 aromatic carbocycles. The number of ether oxygens (including phenoxy) is 3. The average molecular weight is 363 g/mol. The number of hydrogen-bond donors (Lipinski definition) is 1. The number of halogens is 2. The summed E-state index contributed by atoms with van der Waals surface area (Å²) in [6.07, 6.45) is 0.551. The molecule has 0 radical (unpaired) electrons. The maximum Gasteiger partial charge on any atom is 0.387 e. The predicted octanol–water partition coefficient (Wildman–Crippen LogP) is 2.96. The van der Waals surface area contributed by atoms with Gasteiger partial charge in [0.05, 0.1) is 7.11 Å². The van der Waals surface area contributed by atoms with E-state index in [1.54, 1.807) is 12.1 Å². The van der Waals surface area contributed by atoms with Crippen LogP contribution in [0.3, 0.4) is 0 Å². The molecule has 2 aromatic rings. The first kappa shape index (κ1) is 18.0. The Labute approximate surface area is 149 Å². The van der Waals surface area contributed by atoms with Gasteiger partial charge in [0.1, 0.15) is 5.75 Å². The van der Waals surface area contributed by atoms with Gasteiger partial charge in [0.15, 0.2) is 17.6 Å². The van der Waals surface area contributed by atoms with Crippen molar-refractivity contribution in [1.29, 1.82) is 0 Å². The van der Waals surface area contributed by atoms with Crippen molar-refractivity contribution in [2.75, 3.05) is 13.7 Å². The van der Waals surface area contributed by atoms with Gasteiger partial charge < -0.3 is 19.5 Å². The number of carbonyl (C=O) groups is 1. The van der Waals surface area contributed by atoms with Gasteiger partial charge in [-0.2, -0.15) is 8.78 Å². The molecule has 0 saturated heterocycles. The Morgan fingerprint density at radius 2 is 2.08 bits per heavy atom. The molecule has 1 heterocycles. The number of alkyl halides is 2. The second kappa shape index (κ2) is 8.03. The van der Waals surface area contributed by atoms with E-state index < -0.39 is 12.7 Å². The third kappa shape index (κ3) is 4.22. The molecule has 1 aliphatic heterocycles. The lowest BCUT2D eigenvalue weighted by molar-refractivity contribution is -0.127. The van der Waals surface area contributed by atoms with Gasteiger partial charge >= 0.3 is 6.61 Å². The third-order valence-electron chi connectivity index (χ3n) is 4.10. The molecule has 0 aromatic heterocycles. The Bertz CT molecular complexity index is 757. The molecule has 0 spiro atoms. The molecule has 1 atom stereocenters. The van der Waals surface area contributed by atoms with Gasteiger partial charge in [0, 0.05) is 13.0 Å². The van der Waals surface area contributed by atoms with E-state index in [2.05, 4.69) is 10.1 Å². The molecule has 138 valence electrons. The SMILES string of the molecule is COc1cc(CCNC(=O)[C@@H]2Cc3ccccc3O2)ccc1OC(F)F. The van der Waals surface area contributed by atoms with E-state index in [0.29, 0.717) is 19.4 Å². The summed E-state index contributed by atoms with van der Waals surface area (Å²) in [6, 6.07) is 12.3. The van der Waals surface area contributed by atoms with Gasteiger partial charge in [-0.1, -0.05) is 24.3 Å². The van der Waals surface area contributed by atoms with Crippen LogP contribution < -0.4 is 19.5 Å². The highest BCUT2D eigenvalue weighted by atomic mass is 19.3. The first-order valence-electron chi connectivity index (χ1n) is 8.21. The Morgan fingerprint density at radius 1 is 1.27 bits per heavy atom. The van der Waals surface area contributed by atoms with Crippen LogP contribution in [-0.2, 0) is 17.6 Å². The second-order valence-electron chi connectivity index (χ2n) is 5.82. The smallest absolute Gasteiger partial charge is 0.387 e. The van der Waals surface area contributed by atoms with E-state index in [0.717, 1.165) is 16.9 Å². The summed E-state index contributed by atoms with van der Waals surface area (Å²) in [7, 11) is 1.38. The molecule has 5 nitrogen and oxygen atoms in total. The van der Waals surface area contributed by atoms with Crippen molar-refractivity contribution in [3.63, 3.8) is 0 Å². The number of para-hydroxylation sites is 1. The van der Waals surface area contributed by atoms with Crippen LogP contribution in [0.25, 0.3) is 0 Å². The molecule has 1 aliphatic rings. The maximum absolute atomic E-state index is 12.3. The highest BCUT2D eigenvalue weighted by Crippen LogP contribution is 2.30. The Balaban J connectivity index is 1.51. The number of nitrogens with one attached hydrogen (secondary N) is 1. The van der Waals surface area contributed by atoms with Crippen molar-refractivity contribution in [2.24, 2.45) is 0 Å².